The zero-order valence-corrected chi connectivity index (χ0v) is 8.11. The molecule has 2 atom stereocenters. The first-order chi connectivity index (χ1) is 6.36. The Morgan fingerprint density at radius 2 is 1.77 bits per heavy atom. The van der Waals surface area contributed by atoms with Crippen LogP contribution in [0.2, 0.25) is 0 Å². The largest absolute Gasteiger partial charge is 0.396 e. The van der Waals surface area contributed by atoms with Crippen molar-refractivity contribution in [3.05, 3.63) is 0 Å². The smallest absolute Gasteiger partial charge is 0.0810 e. The van der Waals surface area contributed by atoms with Crippen LogP contribution >= 0.6 is 0 Å². The first kappa shape index (κ1) is 11.0. The summed E-state index contributed by atoms with van der Waals surface area (Å²) in [6.45, 7) is 0.456. The number of rotatable bonds is 6. The van der Waals surface area contributed by atoms with Crippen molar-refractivity contribution in [3.8, 4) is 0 Å². The van der Waals surface area contributed by atoms with Gasteiger partial charge in [0, 0.05) is 6.61 Å². The summed E-state index contributed by atoms with van der Waals surface area (Å²) in [4.78, 5) is 0. The van der Waals surface area contributed by atoms with Crippen LogP contribution in [0.3, 0.4) is 0 Å². The summed E-state index contributed by atoms with van der Waals surface area (Å²) in [7, 11) is 0. The van der Waals surface area contributed by atoms with E-state index in [4.69, 9.17) is 14.9 Å². The molecule has 1 aliphatic heterocycles. The van der Waals surface area contributed by atoms with Crippen LogP contribution in [0, 0.1) is 0 Å². The van der Waals surface area contributed by atoms with Gasteiger partial charge in [-0.15, -0.1) is 0 Å². The minimum atomic E-state index is 0.0860. The Balaban J connectivity index is 1.97. The highest BCUT2D eigenvalue weighted by Crippen LogP contribution is 2.23. The first-order valence-electron chi connectivity index (χ1n) is 5.24. The second-order valence-corrected chi connectivity index (χ2v) is 3.71. The standard InChI is InChI=1S/C10H20O3/c11-7-3-1-2-4-9-5-6-10(8-12)13-9/h9-12H,1-8H2/t9-,10-/m1/s1. The number of ether oxygens (including phenoxy) is 1. The van der Waals surface area contributed by atoms with E-state index in [1.54, 1.807) is 0 Å². The van der Waals surface area contributed by atoms with Gasteiger partial charge in [0.25, 0.3) is 0 Å². The molecule has 0 spiro atoms. The highest BCUT2D eigenvalue weighted by Gasteiger charge is 2.23. The highest BCUT2D eigenvalue weighted by molar-refractivity contribution is 4.72. The fraction of sp³-hybridized carbons (Fsp3) is 1.00. The average molecular weight is 188 g/mol. The minimum absolute atomic E-state index is 0.0860. The summed E-state index contributed by atoms with van der Waals surface area (Å²) in [6, 6.07) is 0. The summed E-state index contributed by atoms with van der Waals surface area (Å²) in [5.74, 6) is 0. The summed E-state index contributed by atoms with van der Waals surface area (Å²) >= 11 is 0. The number of aliphatic hydroxyl groups excluding tert-OH is 2. The summed E-state index contributed by atoms with van der Waals surface area (Å²) in [5.41, 5.74) is 0. The topological polar surface area (TPSA) is 49.7 Å². The van der Waals surface area contributed by atoms with Crippen molar-refractivity contribution < 1.29 is 14.9 Å². The van der Waals surface area contributed by atoms with Gasteiger partial charge in [-0.3, -0.25) is 0 Å². The van der Waals surface area contributed by atoms with Crippen molar-refractivity contribution >= 4 is 0 Å². The van der Waals surface area contributed by atoms with Gasteiger partial charge in [0.2, 0.25) is 0 Å². The molecule has 1 fully saturated rings. The second kappa shape index (κ2) is 6.35. The Labute approximate surface area is 79.7 Å². The lowest BCUT2D eigenvalue weighted by Gasteiger charge is -2.11. The van der Waals surface area contributed by atoms with E-state index in [2.05, 4.69) is 0 Å². The molecule has 0 amide bonds. The zero-order valence-electron chi connectivity index (χ0n) is 8.11. The molecule has 1 aliphatic rings. The molecule has 1 heterocycles. The second-order valence-electron chi connectivity index (χ2n) is 3.71. The first-order valence-corrected chi connectivity index (χ1v) is 5.24. The van der Waals surface area contributed by atoms with Gasteiger partial charge in [-0.2, -0.15) is 0 Å². The molecular formula is C10H20O3. The zero-order chi connectivity index (χ0) is 9.52. The summed E-state index contributed by atoms with van der Waals surface area (Å²) in [6.07, 6.45) is 6.72. The third-order valence-electron chi connectivity index (χ3n) is 2.58. The Morgan fingerprint density at radius 3 is 2.38 bits per heavy atom. The van der Waals surface area contributed by atoms with E-state index in [-0.39, 0.29) is 12.7 Å². The summed E-state index contributed by atoms with van der Waals surface area (Å²) < 4.78 is 5.58. The average Bonchev–Trinajstić information content (AvgIpc) is 2.60. The van der Waals surface area contributed by atoms with Crippen LogP contribution in [-0.4, -0.2) is 35.6 Å². The molecular weight excluding hydrogens is 168 g/mol. The molecule has 13 heavy (non-hydrogen) atoms. The predicted octanol–water partition coefficient (Wildman–Crippen LogP) is 1.08. The normalized spacial score (nSPS) is 28.2. The van der Waals surface area contributed by atoms with Gasteiger partial charge in [-0.05, 0) is 25.7 Å². The van der Waals surface area contributed by atoms with Gasteiger partial charge < -0.3 is 14.9 Å². The van der Waals surface area contributed by atoms with Crippen LogP contribution in [0.5, 0.6) is 0 Å². The van der Waals surface area contributed by atoms with Crippen molar-refractivity contribution in [2.24, 2.45) is 0 Å². The third kappa shape index (κ3) is 4.07. The van der Waals surface area contributed by atoms with E-state index < -0.39 is 0 Å². The molecule has 0 aromatic carbocycles. The van der Waals surface area contributed by atoms with Crippen molar-refractivity contribution in [2.45, 2.75) is 50.7 Å². The van der Waals surface area contributed by atoms with E-state index in [1.165, 1.54) is 0 Å². The minimum Gasteiger partial charge on any atom is -0.396 e. The maximum absolute atomic E-state index is 8.84. The van der Waals surface area contributed by atoms with E-state index in [0.29, 0.717) is 12.7 Å². The Hall–Kier alpha value is -0.120. The lowest BCUT2D eigenvalue weighted by atomic mass is 10.1. The van der Waals surface area contributed by atoms with E-state index in [1.807, 2.05) is 0 Å². The monoisotopic (exact) mass is 188 g/mol. The van der Waals surface area contributed by atoms with Crippen LogP contribution < -0.4 is 0 Å². The van der Waals surface area contributed by atoms with Gasteiger partial charge in [0.1, 0.15) is 0 Å². The highest BCUT2D eigenvalue weighted by atomic mass is 16.5. The van der Waals surface area contributed by atoms with E-state index in [0.717, 1.165) is 38.5 Å². The molecule has 78 valence electrons. The number of hydrogen-bond donors (Lipinski definition) is 2. The third-order valence-corrected chi connectivity index (χ3v) is 2.58. The predicted molar refractivity (Wildman–Crippen MR) is 50.5 cm³/mol. The fourth-order valence-corrected chi connectivity index (χ4v) is 1.79. The van der Waals surface area contributed by atoms with E-state index in [9.17, 15) is 0 Å². The number of aliphatic hydroxyl groups is 2. The molecule has 1 rings (SSSR count). The van der Waals surface area contributed by atoms with Gasteiger partial charge in [-0.25, -0.2) is 0 Å². The maximum Gasteiger partial charge on any atom is 0.0810 e. The molecule has 0 bridgehead atoms. The van der Waals surface area contributed by atoms with Gasteiger partial charge >= 0.3 is 0 Å². The SMILES string of the molecule is OCCCCC[C@@H]1CC[C@H](CO)O1. The van der Waals surface area contributed by atoms with Crippen molar-refractivity contribution in [2.75, 3.05) is 13.2 Å². The Morgan fingerprint density at radius 1 is 1.00 bits per heavy atom. The molecule has 1 saturated heterocycles. The van der Waals surface area contributed by atoms with Crippen LogP contribution in [0.4, 0.5) is 0 Å². The Kier molecular flexibility index (Phi) is 5.35. The Bertz CT molecular complexity index is 127. The molecule has 0 radical (unpaired) electrons. The fourth-order valence-electron chi connectivity index (χ4n) is 1.79. The summed E-state index contributed by atoms with van der Waals surface area (Å²) in [5, 5.41) is 17.4. The van der Waals surface area contributed by atoms with Crippen LogP contribution in [0.15, 0.2) is 0 Å². The van der Waals surface area contributed by atoms with Gasteiger partial charge in [-0.1, -0.05) is 12.8 Å². The quantitative estimate of drug-likeness (QED) is 0.613. The van der Waals surface area contributed by atoms with E-state index >= 15 is 0 Å². The van der Waals surface area contributed by atoms with Crippen molar-refractivity contribution in [1.82, 2.24) is 0 Å². The molecule has 0 aromatic heterocycles. The molecule has 2 N–H and O–H groups in total. The maximum atomic E-state index is 8.84. The molecule has 3 nitrogen and oxygen atoms in total. The molecule has 0 unspecified atom stereocenters. The molecule has 0 aliphatic carbocycles. The van der Waals surface area contributed by atoms with Crippen molar-refractivity contribution in [3.63, 3.8) is 0 Å². The molecule has 0 aromatic rings. The van der Waals surface area contributed by atoms with Gasteiger partial charge in [0.15, 0.2) is 0 Å². The van der Waals surface area contributed by atoms with Crippen LogP contribution in [-0.2, 0) is 4.74 Å². The lowest BCUT2D eigenvalue weighted by molar-refractivity contribution is 0.00748. The molecule has 3 heteroatoms. The van der Waals surface area contributed by atoms with Crippen LogP contribution in [0.1, 0.15) is 38.5 Å². The number of hydrogen-bond acceptors (Lipinski definition) is 3. The van der Waals surface area contributed by atoms with Crippen molar-refractivity contribution in [1.29, 1.82) is 0 Å². The lowest BCUT2D eigenvalue weighted by Crippen LogP contribution is -2.14. The molecule has 0 saturated carbocycles. The van der Waals surface area contributed by atoms with Crippen LogP contribution in [0.25, 0.3) is 0 Å². The van der Waals surface area contributed by atoms with Gasteiger partial charge in [0.05, 0.1) is 18.8 Å². The number of unbranched alkanes of at least 4 members (excludes halogenated alkanes) is 2.